The molecular weight excluding hydrogens is 267 g/mol. The first kappa shape index (κ1) is 15.6. The number of carbonyl (C=O) groups is 1. The molecule has 0 fully saturated rings. The predicted molar refractivity (Wildman–Crippen MR) is 72.8 cm³/mol. The normalized spacial score (nSPS) is 11.5. The maximum atomic E-state index is 11.3. The average Bonchev–Trinajstić information content (AvgIpc) is 2.18. The van der Waals surface area contributed by atoms with E-state index in [0.717, 1.165) is 4.90 Å². The minimum absolute atomic E-state index is 0. The van der Waals surface area contributed by atoms with Gasteiger partial charge in [-0.1, -0.05) is 11.6 Å². The fourth-order valence-corrected chi connectivity index (χ4v) is 1.87. The summed E-state index contributed by atoms with van der Waals surface area (Å²) >= 11 is 7.55. The molecule has 0 saturated carbocycles. The van der Waals surface area contributed by atoms with Gasteiger partial charge in [-0.2, -0.15) is 0 Å². The smallest absolute Gasteiger partial charge is 0.240 e. The van der Waals surface area contributed by atoms with E-state index >= 15 is 0 Å². The maximum absolute atomic E-state index is 11.3. The Bertz CT molecular complexity index is 372. The van der Waals surface area contributed by atoms with Gasteiger partial charge in [0.25, 0.3) is 0 Å². The van der Waals surface area contributed by atoms with E-state index in [0.29, 0.717) is 10.7 Å². The fourth-order valence-electron chi connectivity index (χ4n) is 1.00. The van der Waals surface area contributed by atoms with Crippen LogP contribution in [-0.4, -0.2) is 18.2 Å². The number of carbonyl (C=O) groups excluding carboxylic acids is 1. The highest BCUT2D eigenvalue weighted by molar-refractivity contribution is 7.98. The minimum atomic E-state index is -0.524. The summed E-state index contributed by atoms with van der Waals surface area (Å²) in [5.41, 5.74) is 6.10. The number of hydrogen-bond donors (Lipinski definition) is 2. The van der Waals surface area contributed by atoms with Crippen LogP contribution in [0.2, 0.25) is 5.02 Å². The van der Waals surface area contributed by atoms with Crippen molar-refractivity contribution in [1.29, 1.82) is 0 Å². The topological polar surface area (TPSA) is 55.1 Å². The summed E-state index contributed by atoms with van der Waals surface area (Å²) in [6.45, 7) is 1.63. The lowest BCUT2D eigenvalue weighted by Gasteiger charge is -2.09. The van der Waals surface area contributed by atoms with Gasteiger partial charge in [0.1, 0.15) is 0 Å². The Kier molecular flexibility index (Phi) is 6.83. The van der Waals surface area contributed by atoms with Gasteiger partial charge in [0.2, 0.25) is 5.91 Å². The summed E-state index contributed by atoms with van der Waals surface area (Å²) in [6, 6.07) is 4.86. The van der Waals surface area contributed by atoms with Crippen molar-refractivity contribution in [1.82, 2.24) is 0 Å². The summed E-state index contributed by atoms with van der Waals surface area (Å²) in [5.74, 6) is -0.219. The van der Waals surface area contributed by atoms with Gasteiger partial charge >= 0.3 is 0 Å². The molecule has 1 aromatic carbocycles. The van der Waals surface area contributed by atoms with Crippen molar-refractivity contribution in [3.05, 3.63) is 23.2 Å². The molecule has 0 bridgehead atoms. The van der Waals surface area contributed by atoms with Crippen LogP contribution in [0.3, 0.4) is 0 Å². The zero-order valence-corrected chi connectivity index (χ0v) is 11.4. The third kappa shape index (κ3) is 4.22. The van der Waals surface area contributed by atoms with Crippen molar-refractivity contribution in [2.24, 2.45) is 5.73 Å². The number of nitrogens with one attached hydrogen (secondary N) is 1. The van der Waals surface area contributed by atoms with Crippen LogP contribution >= 0.6 is 35.8 Å². The number of anilines is 1. The minimum Gasteiger partial charge on any atom is -0.325 e. The van der Waals surface area contributed by atoms with Crippen LogP contribution in [0, 0.1) is 0 Å². The summed E-state index contributed by atoms with van der Waals surface area (Å²) in [4.78, 5) is 12.3. The zero-order chi connectivity index (χ0) is 11.4. The van der Waals surface area contributed by atoms with Crippen molar-refractivity contribution in [2.45, 2.75) is 17.9 Å². The van der Waals surface area contributed by atoms with Gasteiger partial charge in [-0.15, -0.1) is 24.2 Å². The second-order valence-electron chi connectivity index (χ2n) is 3.13. The molecule has 1 atom stereocenters. The molecule has 0 spiro atoms. The quantitative estimate of drug-likeness (QED) is 0.838. The molecule has 3 nitrogen and oxygen atoms in total. The third-order valence-corrected chi connectivity index (χ3v) is 3.05. The molecule has 1 amide bonds. The highest BCUT2D eigenvalue weighted by Crippen LogP contribution is 2.27. The van der Waals surface area contributed by atoms with Gasteiger partial charge in [0, 0.05) is 10.6 Å². The van der Waals surface area contributed by atoms with E-state index in [4.69, 9.17) is 17.3 Å². The fraction of sp³-hybridized carbons (Fsp3) is 0.300. The van der Waals surface area contributed by atoms with Crippen LogP contribution in [-0.2, 0) is 4.79 Å². The first-order valence-corrected chi connectivity index (χ1v) is 6.05. The van der Waals surface area contributed by atoms with Crippen molar-refractivity contribution < 1.29 is 4.79 Å². The van der Waals surface area contributed by atoms with Crippen LogP contribution < -0.4 is 11.1 Å². The number of hydrogen-bond acceptors (Lipinski definition) is 3. The SMILES string of the molecule is CSc1ccc(NC(=O)[C@H](C)N)cc1Cl.Cl. The Morgan fingerprint density at radius 1 is 1.56 bits per heavy atom. The number of halogens is 2. The molecule has 0 heterocycles. The van der Waals surface area contributed by atoms with E-state index in [9.17, 15) is 4.79 Å². The van der Waals surface area contributed by atoms with E-state index in [1.54, 1.807) is 30.8 Å². The summed E-state index contributed by atoms with van der Waals surface area (Å²) in [6.07, 6.45) is 1.95. The molecule has 0 aliphatic carbocycles. The second-order valence-corrected chi connectivity index (χ2v) is 4.38. The molecule has 1 aromatic rings. The van der Waals surface area contributed by atoms with E-state index in [-0.39, 0.29) is 18.3 Å². The highest BCUT2D eigenvalue weighted by Gasteiger charge is 2.08. The molecule has 0 aromatic heterocycles. The molecule has 0 aliphatic rings. The first-order chi connectivity index (χ1) is 7.04. The molecule has 90 valence electrons. The van der Waals surface area contributed by atoms with E-state index in [1.165, 1.54) is 0 Å². The van der Waals surface area contributed by atoms with Gasteiger partial charge in [-0.3, -0.25) is 4.79 Å². The Morgan fingerprint density at radius 2 is 2.19 bits per heavy atom. The van der Waals surface area contributed by atoms with Gasteiger partial charge < -0.3 is 11.1 Å². The zero-order valence-electron chi connectivity index (χ0n) is 8.99. The van der Waals surface area contributed by atoms with Gasteiger partial charge in [-0.25, -0.2) is 0 Å². The number of nitrogens with two attached hydrogens (primary N) is 1. The predicted octanol–water partition coefficient (Wildman–Crippen LogP) is 2.77. The Balaban J connectivity index is 0.00000225. The Hall–Kier alpha value is -0.420. The monoisotopic (exact) mass is 280 g/mol. The highest BCUT2D eigenvalue weighted by atomic mass is 35.5. The average molecular weight is 281 g/mol. The maximum Gasteiger partial charge on any atom is 0.240 e. The standard InChI is InChI=1S/C10H13ClN2OS.ClH/c1-6(12)10(14)13-7-3-4-9(15-2)8(11)5-7;/h3-6H,12H2,1-2H3,(H,13,14);1H/t6-;/m0./s1. The third-order valence-electron chi connectivity index (χ3n) is 1.83. The number of thioether (sulfide) groups is 1. The molecular formula is C10H14Cl2N2OS. The van der Waals surface area contributed by atoms with Crippen LogP contribution in [0.15, 0.2) is 23.1 Å². The van der Waals surface area contributed by atoms with E-state index in [2.05, 4.69) is 5.32 Å². The lowest BCUT2D eigenvalue weighted by atomic mass is 10.3. The molecule has 3 N–H and O–H groups in total. The summed E-state index contributed by atoms with van der Waals surface area (Å²) in [7, 11) is 0. The van der Waals surface area contributed by atoms with Gasteiger partial charge in [0.05, 0.1) is 11.1 Å². The molecule has 0 saturated heterocycles. The van der Waals surface area contributed by atoms with Crippen LogP contribution in [0.25, 0.3) is 0 Å². The summed E-state index contributed by atoms with van der Waals surface area (Å²) in [5, 5.41) is 3.31. The van der Waals surface area contributed by atoms with Gasteiger partial charge in [-0.05, 0) is 31.4 Å². The Labute approximate surface area is 111 Å². The molecule has 16 heavy (non-hydrogen) atoms. The number of amides is 1. The number of rotatable bonds is 3. The van der Waals surface area contributed by atoms with Crippen molar-refractivity contribution in [3.8, 4) is 0 Å². The molecule has 0 unspecified atom stereocenters. The molecule has 6 heteroatoms. The van der Waals surface area contributed by atoms with Gasteiger partial charge in [0.15, 0.2) is 0 Å². The summed E-state index contributed by atoms with van der Waals surface area (Å²) < 4.78 is 0. The van der Waals surface area contributed by atoms with Crippen molar-refractivity contribution >= 4 is 47.4 Å². The lowest BCUT2D eigenvalue weighted by molar-refractivity contribution is -0.117. The lowest BCUT2D eigenvalue weighted by Crippen LogP contribution is -2.32. The number of benzene rings is 1. The van der Waals surface area contributed by atoms with E-state index in [1.807, 2.05) is 12.3 Å². The molecule has 1 rings (SSSR count). The van der Waals surface area contributed by atoms with Crippen molar-refractivity contribution in [2.75, 3.05) is 11.6 Å². The Morgan fingerprint density at radius 3 is 2.62 bits per heavy atom. The molecule has 0 aliphatic heterocycles. The van der Waals surface area contributed by atoms with Crippen LogP contribution in [0.5, 0.6) is 0 Å². The van der Waals surface area contributed by atoms with E-state index < -0.39 is 6.04 Å². The second kappa shape index (κ2) is 7.01. The van der Waals surface area contributed by atoms with Crippen molar-refractivity contribution in [3.63, 3.8) is 0 Å². The first-order valence-electron chi connectivity index (χ1n) is 4.44. The largest absolute Gasteiger partial charge is 0.325 e. The van der Waals surface area contributed by atoms with Crippen LogP contribution in [0.4, 0.5) is 5.69 Å². The molecule has 0 radical (unpaired) electrons. The van der Waals surface area contributed by atoms with Crippen LogP contribution in [0.1, 0.15) is 6.92 Å².